The Morgan fingerprint density at radius 1 is 1.36 bits per heavy atom. The van der Waals surface area contributed by atoms with Crippen LogP contribution in [-0.4, -0.2) is 43.7 Å². The predicted octanol–water partition coefficient (Wildman–Crippen LogP) is 2.46. The molecule has 0 aromatic heterocycles. The molecule has 0 spiro atoms. The van der Waals surface area contributed by atoms with Gasteiger partial charge in [-0.3, -0.25) is 9.69 Å². The van der Waals surface area contributed by atoms with E-state index in [9.17, 15) is 4.79 Å². The van der Waals surface area contributed by atoms with Gasteiger partial charge in [-0.15, -0.1) is 0 Å². The summed E-state index contributed by atoms with van der Waals surface area (Å²) in [5.74, 6) is 0.249. The summed E-state index contributed by atoms with van der Waals surface area (Å²) >= 11 is 0. The molecule has 120 valence electrons. The first-order chi connectivity index (χ1) is 10.7. The Bertz CT molecular complexity index is 526. The molecule has 1 aromatic carbocycles. The van der Waals surface area contributed by atoms with Crippen molar-refractivity contribution in [3.63, 3.8) is 0 Å². The van der Waals surface area contributed by atoms with Gasteiger partial charge in [-0.25, -0.2) is 0 Å². The van der Waals surface area contributed by atoms with Gasteiger partial charge >= 0.3 is 5.97 Å². The van der Waals surface area contributed by atoms with Crippen LogP contribution in [0.5, 0.6) is 0 Å². The molecule has 1 aromatic rings. The Kier molecular flexibility index (Phi) is 4.79. The second kappa shape index (κ2) is 6.80. The van der Waals surface area contributed by atoms with E-state index >= 15 is 0 Å². The van der Waals surface area contributed by atoms with Gasteiger partial charge in [0.15, 0.2) is 0 Å². The van der Waals surface area contributed by atoms with E-state index in [0.717, 1.165) is 13.0 Å². The molecule has 3 atom stereocenters. The van der Waals surface area contributed by atoms with Crippen LogP contribution in [0.15, 0.2) is 24.3 Å². The number of nitrogens with one attached hydrogen (secondary N) is 1. The Hall–Kier alpha value is -1.39. The van der Waals surface area contributed by atoms with Crippen molar-refractivity contribution in [1.29, 1.82) is 0 Å². The minimum absolute atomic E-state index is 0.149. The van der Waals surface area contributed by atoms with Crippen molar-refractivity contribution in [1.82, 2.24) is 10.2 Å². The van der Waals surface area contributed by atoms with Crippen molar-refractivity contribution in [3.8, 4) is 0 Å². The Morgan fingerprint density at radius 2 is 2.14 bits per heavy atom. The molecule has 22 heavy (non-hydrogen) atoms. The Morgan fingerprint density at radius 3 is 2.86 bits per heavy atom. The van der Waals surface area contributed by atoms with E-state index in [-0.39, 0.29) is 12.0 Å². The van der Waals surface area contributed by atoms with Gasteiger partial charge in [-0.05, 0) is 56.3 Å². The van der Waals surface area contributed by atoms with Crippen LogP contribution in [0, 0.1) is 0 Å². The lowest BCUT2D eigenvalue weighted by molar-refractivity contribution is -0.142. The number of carbonyl (C=O) groups excluding carboxylic acids is 1. The molecule has 0 amide bonds. The fraction of sp³-hybridized carbons (Fsp3) is 0.611. The standard InChI is InChI=1S/C18H26N2O2/c1-13(20-8-3-4-9-20)14-6-5-7-15(10-14)16-11-17(19-12-16)18(21)22-2/h5-7,10,13,16-17,19H,3-4,8-9,11-12H2,1-2H3. The maximum absolute atomic E-state index is 11.6. The fourth-order valence-electron chi connectivity index (χ4n) is 3.72. The first-order valence-corrected chi connectivity index (χ1v) is 8.34. The van der Waals surface area contributed by atoms with E-state index in [1.165, 1.54) is 44.2 Å². The third kappa shape index (κ3) is 3.18. The largest absolute Gasteiger partial charge is 0.468 e. The quantitative estimate of drug-likeness (QED) is 0.868. The molecule has 0 radical (unpaired) electrons. The van der Waals surface area contributed by atoms with Crippen molar-refractivity contribution in [2.75, 3.05) is 26.7 Å². The molecule has 3 unspecified atom stereocenters. The average Bonchev–Trinajstić information content (AvgIpc) is 3.25. The summed E-state index contributed by atoms with van der Waals surface area (Å²) in [6.45, 7) is 5.57. The number of hydrogen-bond donors (Lipinski definition) is 1. The molecule has 4 heteroatoms. The molecular formula is C18H26N2O2. The number of carbonyl (C=O) groups is 1. The molecule has 0 bridgehead atoms. The van der Waals surface area contributed by atoms with Gasteiger partial charge in [-0.2, -0.15) is 0 Å². The number of rotatable bonds is 4. The molecule has 2 heterocycles. The van der Waals surface area contributed by atoms with Gasteiger partial charge in [0, 0.05) is 12.6 Å². The molecule has 3 rings (SSSR count). The first-order valence-electron chi connectivity index (χ1n) is 8.34. The number of nitrogens with zero attached hydrogens (tertiary/aromatic N) is 1. The van der Waals surface area contributed by atoms with E-state index in [1.54, 1.807) is 0 Å². The highest BCUT2D eigenvalue weighted by Gasteiger charge is 2.31. The number of hydrogen-bond acceptors (Lipinski definition) is 4. The topological polar surface area (TPSA) is 41.6 Å². The highest BCUT2D eigenvalue weighted by molar-refractivity contribution is 5.76. The number of esters is 1. The zero-order chi connectivity index (χ0) is 15.5. The molecule has 2 aliphatic heterocycles. The van der Waals surface area contributed by atoms with Gasteiger partial charge in [0.25, 0.3) is 0 Å². The molecule has 1 N–H and O–H groups in total. The molecule has 2 fully saturated rings. The number of benzene rings is 1. The average molecular weight is 302 g/mol. The lowest BCUT2D eigenvalue weighted by atomic mass is 9.93. The lowest BCUT2D eigenvalue weighted by Gasteiger charge is -2.25. The summed E-state index contributed by atoms with van der Waals surface area (Å²) in [6.07, 6.45) is 3.46. The van der Waals surface area contributed by atoms with Crippen molar-refractivity contribution >= 4 is 5.97 Å². The number of ether oxygens (including phenoxy) is 1. The molecule has 0 saturated carbocycles. The minimum atomic E-state index is -0.158. The lowest BCUT2D eigenvalue weighted by Crippen LogP contribution is -2.31. The molecular weight excluding hydrogens is 276 g/mol. The van der Waals surface area contributed by atoms with Crippen molar-refractivity contribution < 1.29 is 9.53 Å². The van der Waals surface area contributed by atoms with E-state index in [4.69, 9.17) is 4.74 Å². The van der Waals surface area contributed by atoms with Crippen LogP contribution in [-0.2, 0) is 9.53 Å². The zero-order valence-electron chi connectivity index (χ0n) is 13.5. The van der Waals surface area contributed by atoms with Crippen LogP contribution < -0.4 is 5.32 Å². The third-order valence-corrected chi connectivity index (χ3v) is 5.17. The molecule has 4 nitrogen and oxygen atoms in total. The molecule has 2 aliphatic rings. The first kappa shape index (κ1) is 15.5. The van der Waals surface area contributed by atoms with E-state index in [0.29, 0.717) is 12.0 Å². The van der Waals surface area contributed by atoms with Gasteiger partial charge in [0.2, 0.25) is 0 Å². The fourth-order valence-corrected chi connectivity index (χ4v) is 3.72. The minimum Gasteiger partial charge on any atom is -0.468 e. The van der Waals surface area contributed by atoms with Crippen LogP contribution in [0.3, 0.4) is 0 Å². The Labute approximate surface area is 132 Å². The van der Waals surface area contributed by atoms with Gasteiger partial charge in [0.05, 0.1) is 7.11 Å². The van der Waals surface area contributed by atoms with Crippen LogP contribution in [0.25, 0.3) is 0 Å². The van der Waals surface area contributed by atoms with E-state index in [1.807, 2.05) is 0 Å². The van der Waals surface area contributed by atoms with Crippen molar-refractivity contribution in [3.05, 3.63) is 35.4 Å². The van der Waals surface area contributed by atoms with Gasteiger partial charge in [0.1, 0.15) is 6.04 Å². The summed E-state index contributed by atoms with van der Waals surface area (Å²) < 4.78 is 4.84. The summed E-state index contributed by atoms with van der Waals surface area (Å²) in [7, 11) is 1.45. The monoisotopic (exact) mass is 302 g/mol. The highest BCUT2D eigenvalue weighted by atomic mass is 16.5. The van der Waals surface area contributed by atoms with Gasteiger partial charge < -0.3 is 10.1 Å². The summed E-state index contributed by atoms with van der Waals surface area (Å²) in [5.41, 5.74) is 2.73. The maximum atomic E-state index is 11.6. The van der Waals surface area contributed by atoms with Crippen molar-refractivity contribution in [2.24, 2.45) is 0 Å². The normalized spacial score (nSPS) is 27.0. The SMILES string of the molecule is COC(=O)C1CC(c2cccc(C(C)N3CCCC3)c2)CN1. The van der Waals surface area contributed by atoms with E-state index < -0.39 is 0 Å². The summed E-state index contributed by atoms with van der Waals surface area (Å²) in [4.78, 5) is 14.2. The molecule has 2 saturated heterocycles. The second-order valence-corrected chi connectivity index (χ2v) is 6.51. The van der Waals surface area contributed by atoms with Crippen LogP contribution in [0.2, 0.25) is 0 Å². The highest BCUT2D eigenvalue weighted by Crippen LogP contribution is 2.30. The summed E-state index contributed by atoms with van der Waals surface area (Å²) in [5, 5.41) is 3.27. The van der Waals surface area contributed by atoms with Gasteiger partial charge in [-0.1, -0.05) is 24.3 Å². The predicted molar refractivity (Wildman–Crippen MR) is 86.8 cm³/mol. The smallest absolute Gasteiger partial charge is 0.322 e. The maximum Gasteiger partial charge on any atom is 0.322 e. The summed E-state index contributed by atoms with van der Waals surface area (Å²) in [6, 6.07) is 9.22. The van der Waals surface area contributed by atoms with Crippen LogP contribution in [0.1, 0.15) is 49.3 Å². The number of likely N-dealkylation sites (tertiary alicyclic amines) is 1. The molecule has 0 aliphatic carbocycles. The second-order valence-electron chi connectivity index (χ2n) is 6.51. The Balaban J connectivity index is 1.70. The zero-order valence-corrected chi connectivity index (χ0v) is 13.5. The van der Waals surface area contributed by atoms with Crippen LogP contribution in [0.4, 0.5) is 0 Å². The van der Waals surface area contributed by atoms with Crippen molar-refractivity contribution in [2.45, 2.75) is 44.2 Å². The van der Waals surface area contributed by atoms with Crippen LogP contribution >= 0.6 is 0 Å². The van der Waals surface area contributed by atoms with E-state index in [2.05, 4.69) is 41.4 Å². The third-order valence-electron chi connectivity index (χ3n) is 5.17. The number of methoxy groups -OCH3 is 1.